The Morgan fingerprint density at radius 3 is 1.26 bits per heavy atom. The summed E-state index contributed by atoms with van der Waals surface area (Å²) in [5, 5.41) is 16.3. The number of hydrogen-bond acceptors (Lipinski definition) is 8. The summed E-state index contributed by atoms with van der Waals surface area (Å²) in [4.78, 5) is 41.9. The first-order valence-corrected chi connectivity index (χ1v) is 12.6. The largest absolute Gasteiger partial charge is 0.481 e. The van der Waals surface area contributed by atoms with Gasteiger partial charge in [-0.1, -0.05) is 24.3 Å². The fourth-order valence-corrected chi connectivity index (χ4v) is 5.14. The van der Waals surface area contributed by atoms with E-state index in [0.29, 0.717) is 12.8 Å². The number of benzene rings is 2. The van der Waals surface area contributed by atoms with Gasteiger partial charge in [0.25, 0.3) is 31.9 Å². The number of amides is 2. The average molecular weight is 513 g/mol. The van der Waals surface area contributed by atoms with Crippen LogP contribution in [0, 0.1) is 0 Å². The van der Waals surface area contributed by atoms with E-state index in [4.69, 9.17) is 10.2 Å². The monoisotopic (exact) mass is 512 g/mol. The van der Waals surface area contributed by atoms with Gasteiger partial charge in [-0.25, -0.2) is 26.3 Å². The van der Waals surface area contributed by atoms with Gasteiger partial charge in [0.2, 0.25) is 0 Å². The first kappa shape index (κ1) is 26.5. The topological polar surface area (TPSA) is 201 Å². The smallest absolute Gasteiger partial charge is 0.303 e. The molecular weight excluding hydrogens is 492 g/mol. The van der Waals surface area contributed by atoms with E-state index in [-0.39, 0.29) is 33.8 Å². The van der Waals surface area contributed by atoms with Crippen molar-refractivity contribution < 1.29 is 46.2 Å². The number of carboxylic acid groups (broad SMARTS) is 2. The molecule has 2 amide bonds. The SMILES string of the molecule is O=C(O)CCCCC(=O)O.O=C1NS(=O)(=O)c2ccccc21.O=C1NS(=O)(=O)c2ccccc21. The van der Waals surface area contributed by atoms with E-state index < -0.39 is 43.8 Å². The van der Waals surface area contributed by atoms with E-state index in [1.54, 1.807) is 24.3 Å². The highest BCUT2D eigenvalue weighted by molar-refractivity contribution is 7.91. The number of carboxylic acids is 2. The Morgan fingerprint density at radius 2 is 0.971 bits per heavy atom. The number of nitrogens with one attached hydrogen (secondary N) is 2. The van der Waals surface area contributed by atoms with E-state index >= 15 is 0 Å². The van der Waals surface area contributed by atoms with Crippen LogP contribution in [0.25, 0.3) is 0 Å². The van der Waals surface area contributed by atoms with Crippen molar-refractivity contribution in [2.24, 2.45) is 0 Å². The maximum absolute atomic E-state index is 11.1. The highest BCUT2D eigenvalue weighted by Crippen LogP contribution is 2.21. The Bertz CT molecular complexity index is 1230. The van der Waals surface area contributed by atoms with Crippen LogP contribution in [0.3, 0.4) is 0 Å². The molecule has 0 spiro atoms. The fraction of sp³-hybridized carbons (Fsp3) is 0.200. The Hall–Kier alpha value is -3.78. The van der Waals surface area contributed by atoms with Crippen LogP contribution in [0.15, 0.2) is 58.3 Å². The lowest BCUT2D eigenvalue weighted by Crippen LogP contribution is -2.20. The molecule has 2 aliphatic heterocycles. The second-order valence-corrected chi connectivity index (χ2v) is 10.2. The summed E-state index contributed by atoms with van der Waals surface area (Å²) in [6.45, 7) is 0. The molecule has 4 N–H and O–H groups in total. The van der Waals surface area contributed by atoms with Gasteiger partial charge in [-0.05, 0) is 37.1 Å². The molecule has 12 nitrogen and oxygen atoms in total. The molecule has 0 bridgehead atoms. The van der Waals surface area contributed by atoms with Gasteiger partial charge in [0.1, 0.15) is 9.79 Å². The zero-order valence-electron chi connectivity index (χ0n) is 17.4. The van der Waals surface area contributed by atoms with Crippen molar-refractivity contribution in [3.8, 4) is 0 Å². The number of carbonyl (C=O) groups excluding carboxylic acids is 2. The van der Waals surface area contributed by atoms with Crippen LogP contribution in [0.1, 0.15) is 46.4 Å². The quantitative estimate of drug-likeness (QED) is 0.418. The lowest BCUT2D eigenvalue weighted by molar-refractivity contribution is -0.139. The third kappa shape index (κ3) is 6.86. The number of carbonyl (C=O) groups is 4. The molecule has 0 aromatic heterocycles. The van der Waals surface area contributed by atoms with Gasteiger partial charge in [0.15, 0.2) is 0 Å². The molecule has 2 aromatic rings. The maximum Gasteiger partial charge on any atom is 0.303 e. The van der Waals surface area contributed by atoms with Gasteiger partial charge in [-0.15, -0.1) is 0 Å². The molecule has 0 saturated carbocycles. The van der Waals surface area contributed by atoms with Gasteiger partial charge in [0.05, 0.1) is 11.1 Å². The molecule has 34 heavy (non-hydrogen) atoms. The van der Waals surface area contributed by atoms with Crippen LogP contribution in [0.4, 0.5) is 0 Å². The molecule has 2 aliphatic rings. The number of hydrogen-bond donors (Lipinski definition) is 4. The molecular formula is C20H20N2O10S2. The number of aliphatic carboxylic acids is 2. The Kier molecular flexibility index (Phi) is 8.48. The maximum atomic E-state index is 11.1. The second-order valence-electron chi connectivity index (χ2n) is 6.86. The Balaban J connectivity index is 0.000000182. The third-order valence-corrected chi connectivity index (χ3v) is 7.11. The summed E-state index contributed by atoms with van der Waals surface area (Å²) in [7, 11) is -7.11. The first-order chi connectivity index (χ1) is 15.8. The molecule has 182 valence electrons. The normalized spacial score (nSPS) is 15.8. The number of unbranched alkanes of at least 4 members (excludes halogenated alkanes) is 1. The van der Waals surface area contributed by atoms with Gasteiger partial charge >= 0.3 is 11.9 Å². The third-order valence-electron chi connectivity index (χ3n) is 4.33. The number of rotatable bonds is 5. The lowest BCUT2D eigenvalue weighted by Gasteiger charge is -1.92. The summed E-state index contributed by atoms with van der Waals surface area (Å²) in [6, 6.07) is 12.2. The first-order valence-electron chi connectivity index (χ1n) is 9.61. The van der Waals surface area contributed by atoms with Gasteiger partial charge < -0.3 is 10.2 Å². The molecule has 0 aliphatic carbocycles. The molecule has 0 fully saturated rings. The van der Waals surface area contributed by atoms with Crippen molar-refractivity contribution in [3.05, 3.63) is 59.7 Å². The van der Waals surface area contributed by atoms with Crippen molar-refractivity contribution in [1.82, 2.24) is 9.44 Å². The minimum atomic E-state index is -3.55. The summed E-state index contributed by atoms with van der Waals surface area (Å²) in [6.07, 6.45) is 1.02. The van der Waals surface area contributed by atoms with Crippen molar-refractivity contribution in [2.75, 3.05) is 0 Å². The van der Waals surface area contributed by atoms with E-state index in [1.807, 2.05) is 9.44 Å². The highest BCUT2D eigenvalue weighted by Gasteiger charge is 2.32. The predicted molar refractivity (Wildman–Crippen MR) is 116 cm³/mol. The average Bonchev–Trinajstić information content (AvgIpc) is 3.14. The van der Waals surface area contributed by atoms with Gasteiger partial charge in [-0.2, -0.15) is 0 Å². The molecule has 2 heterocycles. The lowest BCUT2D eigenvalue weighted by atomic mass is 10.2. The predicted octanol–water partition coefficient (Wildman–Crippen LogP) is 0.953. The van der Waals surface area contributed by atoms with Crippen LogP contribution < -0.4 is 9.44 Å². The summed E-state index contributed by atoms with van der Waals surface area (Å²) >= 11 is 0. The van der Waals surface area contributed by atoms with Crippen molar-refractivity contribution in [2.45, 2.75) is 35.5 Å². The van der Waals surface area contributed by atoms with Crippen LogP contribution in [0.5, 0.6) is 0 Å². The van der Waals surface area contributed by atoms with Crippen LogP contribution >= 0.6 is 0 Å². The Morgan fingerprint density at radius 1 is 0.647 bits per heavy atom. The molecule has 0 saturated heterocycles. The molecule has 4 rings (SSSR count). The summed E-state index contributed by atoms with van der Waals surface area (Å²) in [5.74, 6) is -2.84. The summed E-state index contributed by atoms with van der Waals surface area (Å²) in [5.41, 5.74) is 0.440. The van der Waals surface area contributed by atoms with Crippen molar-refractivity contribution in [3.63, 3.8) is 0 Å². The van der Waals surface area contributed by atoms with Gasteiger partial charge in [0, 0.05) is 12.8 Å². The van der Waals surface area contributed by atoms with Crippen molar-refractivity contribution >= 4 is 43.8 Å². The fourth-order valence-electron chi connectivity index (χ4n) is 2.79. The standard InChI is InChI=1S/2C7H5NO3S.C6H10O4/c2*9-7-5-3-1-2-4-6(5)12(10,11)8-7;7-5(8)3-1-2-4-6(9)10/h2*1-4H,(H,8,9);1-4H2,(H,7,8)(H,9,10). The van der Waals surface area contributed by atoms with E-state index in [9.17, 15) is 36.0 Å². The van der Waals surface area contributed by atoms with Gasteiger partial charge in [-0.3, -0.25) is 19.2 Å². The zero-order valence-corrected chi connectivity index (χ0v) is 19.1. The molecule has 2 aromatic carbocycles. The molecule has 0 unspecified atom stereocenters. The molecule has 0 radical (unpaired) electrons. The minimum absolute atomic E-state index is 0.0628. The van der Waals surface area contributed by atoms with Crippen LogP contribution in [-0.2, 0) is 29.6 Å². The van der Waals surface area contributed by atoms with Crippen molar-refractivity contribution in [1.29, 1.82) is 0 Å². The van der Waals surface area contributed by atoms with Crippen LogP contribution in [-0.4, -0.2) is 50.8 Å². The number of fused-ring (bicyclic) bond motifs is 2. The molecule has 14 heteroatoms. The molecule has 0 atom stereocenters. The van der Waals surface area contributed by atoms with E-state index in [0.717, 1.165) is 0 Å². The van der Waals surface area contributed by atoms with E-state index in [1.165, 1.54) is 24.3 Å². The summed E-state index contributed by atoms with van der Waals surface area (Å²) < 4.78 is 48.3. The Labute approximate surface area is 194 Å². The zero-order chi connectivity index (χ0) is 25.5. The highest BCUT2D eigenvalue weighted by atomic mass is 32.2. The second kappa shape index (κ2) is 10.9. The van der Waals surface area contributed by atoms with Crippen LogP contribution in [0.2, 0.25) is 0 Å². The van der Waals surface area contributed by atoms with E-state index in [2.05, 4.69) is 0 Å². The number of sulfonamides is 2. The minimum Gasteiger partial charge on any atom is -0.481 e.